The normalized spacial score (nSPS) is 15.8. The second kappa shape index (κ2) is 11.5. The molecule has 2 aromatic heterocycles. The second-order valence-corrected chi connectivity index (χ2v) is 10.4. The molecule has 2 heterocycles. The molecule has 1 aliphatic rings. The predicted octanol–water partition coefficient (Wildman–Crippen LogP) is 5.47. The molecular weight excluding hydrogens is 616 g/mol. The number of hydrogen-bond acceptors (Lipinski definition) is 6. The molecule has 196 valence electrons. The van der Waals surface area contributed by atoms with Gasteiger partial charge in [0.1, 0.15) is 28.5 Å². The summed E-state index contributed by atoms with van der Waals surface area (Å²) in [6, 6.07) is 11.0. The Kier molecular flexibility index (Phi) is 8.32. The molecule has 0 saturated carbocycles. The third kappa shape index (κ3) is 5.51. The summed E-state index contributed by atoms with van der Waals surface area (Å²) in [5.41, 5.74) is 2.01. The fraction of sp³-hybridized carbons (Fsp3) is 0.214. The number of carbonyl (C=O) groups excluding carboxylic acids is 2. The van der Waals surface area contributed by atoms with Crippen molar-refractivity contribution < 1.29 is 19.1 Å². The third-order valence-electron chi connectivity index (χ3n) is 6.43. The number of aromatic nitrogens is 2. The summed E-state index contributed by atoms with van der Waals surface area (Å²) < 4.78 is 11.9. The van der Waals surface area contributed by atoms with Crippen LogP contribution in [0.5, 0.6) is 11.5 Å². The van der Waals surface area contributed by atoms with Gasteiger partial charge >= 0.3 is 0 Å². The van der Waals surface area contributed by atoms with E-state index in [0.29, 0.717) is 20.4 Å². The summed E-state index contributed by atoms with van der Waals surface area (Å²) in [4.78, 5) is 35.5. The van der Waals surface area contributed by atoms with Crippen molar-refractivity contribution in [2.45, 2.75) is 19.5 Å². The lowest BCUT2D eigenvalue weighted by Gasteiger charge is -2.41. The lowest BCUT2D eigenvalue weighted by molar-refractivity contribution is 0.0807. The van der Waals surface area contributed by atoms with E-state index in [9.17, 15) is 9.59 Å². The van der Waals surface area contributed by atoms with Crippen LogP contribution in [-0.4, -0.2) is 41.7 Å². The lowest BCUT2D eigenvalue weighted by atomic mass is 9.78. The van der Waals surface area contributed by atoms with E-state index >= 15 is 0 Å². The van der Waals surface area contributed by atoms with E-state index in [-0.39, 0.29) is 17.3 Å². The van der Waals surface area contributed by atoms with Gasteiger partial charge in [0.05, 0.1) is 23.2 Å². The van der Waals surface area contributed by atoms with Crippen LogP contribution >= 0.6 is 31.9 Å². The van der Waals surface area contributed by atoms with Crippen molar-refractivity contribution in [1.82, 2.24) is 20.6 Å². The van der Waals surface area contributed by atoms with Crippen molar-refractivity contribution in [3.05, 3.63) is 98.5 Å². The summed E-state index contributed by atoms with van der Waals surface area (Å²) in [7, 11) is 3.02. The molecule has 8 nitrogen and oxygen atoms in total. The first-order valence-corrected chi connectivity index (χ1v) is 13.3. The van der Waals surface area contributed by atoms with Gasteiger partial charge in [-0.3, -0.25) is 9.59 Å². The first kappa shape index (κ1) is 27.5. The van der Waals surface area contributed by atoms with E-state index in [1.165, 1.54) is 38.7 Å². The van der Waals surface area contributed by atoms with Crippen LogP contribution in [0.15, 0.2) is 76.0 Å². The zero-order valence-electron chi connectivity index (χ0n) is 21.2. The average molecular weight is 642 g/mol. The SMILES string of the molecule is COc1cc(C(=O)NC2(NC(=O)c3cc(OC)c(Br)cn3)C=CC=C(c3ccccc3C)C2C)ncc1Br. The van der Waals surface area contributed by atoms with Gasteiger partial charge < -0.3 is 20.1 Å². The fourth-order valence-corrected chi connectivity index (χ4v) is 5.05. The molecular formula is C28H26Br2N4O4. The molecule has 38 heavy (non-hydrogen) atoms. The van der Waals surface area contributed by atoms with Crippen molar-refractivity contribution >= 4 is 49.2 Å². The van der Waals surface area contributed by atoms with E-state index in [4.69, 9.17) is 9.47 Å². The molecule has 0 radical (unpaired) electrons. The van der Waals surface area contributed by atoms with Crippen LogP contribution in [-0.2, 0) is 0 Å². The van der Waals surface area contributed by atoms with E-state index in [1.807, 2.05) is 50.3 Å². The number of rotatable bonds is 7. The monoisotopic (exact) mass is 640 g/mol. The van der Waals surface area contributed by atoms with Crippen LogP contribution < -0.4 is 20.1 Å². The Morgan fingerprint density at radius 1 is 0.921 bits per heavy atom. The van der Waals surface area contributed by atoms with Gasteiger partial charge in [0.15, 0.2) is 0 Å². The maximum absolute atomic E-state index is 13.5. The molecule has 2 amide bonds. The number of nitrogens with zero attached hydrogens (tertiary/aromatic N) is 2. The molecule has 1 atom stereocenters. The number of pyridine rings is 2. The maximum atomic E-state index is 13.5. The number of methoxy groups -OCH3 is 2. The summed E-state index contributed by atoms with van der Waals surface area (Å²) in [5, 5.41) is 6.06. The molecule has 10 heteroatoms. The number of hydrogen-bond donors (Lipinski definition) is 2. The van der Waals surface area contributed by atoms with Crippen molar-refractivity contribution in [3.8, 4) is 11.5 Å². The zero-order valence-corrected chi connectivity index (χ0v) is 24.4. The molecule has 1 aromatic carbocycles. The predicted molar refractivity (Wildman–Crippen MR) is 152 cm³/mol. The second-order valence-electron chi connectivity index (χ2n) is 8.70. The van der Waals surface area contributed by atoms with Crippen LogP contribution in [0.1, 0.15) is 39.0 Å². The molecule has 3 aromatic rings. The molecule has 2 N–H and O–H groups in total. The van der Waals surface area contributed by atoms with Gasteiger partial charge in [-0.1, -0.05) is 43.3 Å². The molecule has 0 spiro atoms. The molecule has 4 rings (SSSR count). The largest absolute Gasteiger partial charge is 0.495 e. The van der Waals surface area contributed by atoms with Crippen LogP contribution in [0.25, 0.3) is 5.57 Å². The Bertz CT molecular complexity index is 1390. The number of halogens is 2. The van der Waals surface area contributed by atoms with Crippen molar-refractivity contribution in [1.29, 1.82) is 0 Å². The van der Waals surface area contributed by atoms with Crippen molar-refractivity contribution in [3.63, 3.8) is 0 Å². The van der Waals surface area contributed by atoms with Gasteiger partial charge in [0.2, 0.25) is 0 Å². The number of ether oxygens (including phenoxy) is 2. The minimum atomic E-state index is -1.30. The standard InChI is InChI=1S/C28H26Br2N4O4/c1-16-8-5-6-9-18(16)19-10-7-11-28(17(19)2,33-26(35)22-12-24(37-3)20(29)14-31-22)34-27(36)23-13-25(38-4)21(30)15-32-23/h5-15,17H,1-4H3,(H,33,35)(H,34,36). The molecule has 0 bridgehead atoms. The van der Waals surface area contributed by atoms with Crippen LogP contribution in [0.2, 0.25) is 0 Å². The van der Waals surface area contributed by atoms with Crippen molar-refractivity contribution in [2.75, 3.05) is 14.2 Å². The van der Waals surface area contributed by atoms with Crippen LogP contribution in [0, 0.1) is 12.8 Å². The molecule has 0 saturated heterocycles. The number of allylic oxidation sites excluding steroid dienone is 2. The topological polar surface area (TPSA) is 102 Å². The Hall–Kier alpha value is -3.50. The molecule has 1 unspecified atom stereocenters. The highest BCUT2D eigenvalue weighted by Crippen LogP contribution is 2.37. The minimum absolute atomic E-state index is 0.134. The Balaban J connectivity index is 1.75. The Labute approximate surface area is 237 Å². The Morgan fingerprint density at radius 2 is 1.45 bits per heavy atom. The van der Waals surface area contributed by atoms with Gasteiger partial charge in [-0.15, -0.1) is 0 Å². The highest BCUT2D eigenvalue weighted by molar-refractivity contribution is 9.10. The smallest absolute Gasteiger partial charge is 0.272 e. The third-order valence-corrected chi connectivity index (χ3v) is 7.62. The number of amides is 2. The average Bonchev–Trinajstić information content (AvgIpc) is 2.91. The number of nitrogens with one attached hydrogen (secondary N) is 2. The number of benzene rings is 1. The summed E-state index contributed by atoms with van der Waals surface area (Å²) in [6.07, 6.45) is 8.58. The van der Waals surface area contributed by atoms with Gasteiger partial charge in [-0.25, -0.2) is 9.97 Å². The first-order valence-electron chi connectivity index (χ1n) is 11.7. The van der Waals surface area contributed by atoms with Crippen molar-refractivity contribution in [2.24, 2.45) is 5.92 Å². The molecule has 0 aliphatic heterocycles. The maximum Gasteiger partial charge on any atom is 0.272 e. The Morgan fingerprint density at radius 3 is 1.95 bits per heavy atom. The highest BCUT2D eigenvalue weighted by atomic mass is 79.9. The lowest BCUT2D eigenvalue weighted by Crippen LogP contribution is -2.64. The van der Waals surface area contributed by atoms with E-state index in [2.05, 4.69) is 52.5 Å². The number of carbonyl (C=O) groups is 2. The summed E-state index contributed by atoms with van der Waals surface area (Å²) >= 11 is 6.72. The van der Waals surface area contributed by atoms with Gasteiger partial charge in [0.25, 0.3) is 11.8 Å². The van der Waals surface area contributed by atoms with Crippen LogP contribution in [0.4, 0.5) is 0 Å². The van der Waals surface area contributed by atoms with E-state index < -0.39 is 17.5 Å². The fourth-order valence-electron chi connectivity index (χ4n) is 4.29. The van der Waals surface area contributed by atoms with E-state index in [1.54, 1.807) is 6.08 Å². The van der Waals surface area contributed by atoms with Gasteiger partial charge in [0, 0.05) is 30.4 Å². The zero-order chi connectivity index (χ0) is 27.4. The quantitative estimate of drug-likeness (QED) is 0.332. The summed E-state index contributed by atoms with van der Waals surface area (Å²) in [5.74, 6) is -0.416. The summed E-state index contributed by atoms with van der Waals surface area (Å²) in [6.45, 7) is 3.98. The minimum Gasteiger partial charge on any atom is -0.495 e. The molecule has 1 aliphatic carbocycles. The number of aryl methyl sites for hydroxylation is 1. The van der Waals surface area contributed by atoms with Gasteiger partial charge in [-0.2, -0.15) is 0 Å². The van der Waals surface area contributed by atoms with Gasteiger partial charge in [-0.05, 0) is 61.6 Å². The first-order chi connectivity index (χ1) is 18.2. The van der Waals surface area contributed by atoms with Crippen LogP contribution in [0.3, 0.4) is 0 Å². The van der Waals surface area contributed by atoms with E-state index in [0.717, 1.165) is 16.7 Å². The molecule has 0 fully saturated rings. The highest BCUT2D eigenvalue weighted by Gasteiger charge is 2.41.